The molecule has 1 aliphatic heterocycles. The molecule has 7 heteroatoms. The summed E-state index contributed by atoms with van der Waals surface area (Å²) in [5.74, 6) is 0.424. The van der Waals surface area contributed by atoms with Gasteiger partial charge in [0.2, 0.25) is 15.9 Å². The van der Waals surface area contributed by atoms with E-state index in [4.69, 9.17) is 0 Å². The maximum Gasteiger partial charge on any atom is 0.243 e. The number of aryl methyl sites for hydroxylation is 2. The lowest BCUT2D eigenvalue weighted by atomic mass is 10.2. The number of amides is 1. The average molecular weight is 405 g/mol. The van der Waals surface area contributed by atoms with Crippen LogP contribution in [0.3, 0.4) is 0 Å². The van der Waals surface area contributed by atoms with Crippen LogP contribution in [0.5, 0.6) is 0 Å². The molecule has 1 heterocycles. The van der Waals surface area contributed by atoms with Crippen molar-refractivity contribution >= 4 is 27.7 Å². The van der Waals surface area contributed by atoms with Crippen LogP contribution in [0.2, 0.25) is 0 Å². The molecule has 0 saturated carbocycles. The van der Waals surface area contributed by atoms with Crippen LogP contribution in [-0.2, 0) is 14.8 Å². The molecule has 0 aliphatic carbocycles. The number of hydrogen-bond acceptors (Lipinski definition) is 4. The van der Waals surface area contributed by atoms with Crippen LogP contribution >= 0.6 is 11.8 Å². The maximum absolute atomic E-state index is 12.7. The zero-order chi connectivity index (χ0) is 19.4. The third-order valence-electron chi connectivity index (χ3n) is 4.67. The van der Waals surface area contributed by atoms with Gasteiger partial charge in [0.05, 0.1) is 10.6 Å². The smallest absolute Gasteiger partial charge is 0.243 e. The lowest BCUT2D eigenvalue weighted by molar-refractivity contribution is -0.129. The van der Waals surface area contributed by atoms with Crippen molar-refractivity contribution in [1.82, 2.24) is 9.21 Å². The number of sulfonamides is 1. The van der Waals surface area contributed by atoms with Crippen LogP contribution in [0.25, 0.3) is 0 Å². The Kier molecular flexibility index (Phi) is 6.24. The molecule has 1 saturated heterocycles. The minimum atomic E-state index is -3.49. The molecule has 0 N–H and O–H groups in total. The minimum absolute atomic E-state index is 0.0534. The Morgan fingerprint density at radius 1 is 1.00 bits per heavy atom. The molecule has 1 fully saturated rings. The van der Waals surface area contributed by atoms with Crippen LogP contribution < -0.4 is 0 Å². The summed E-state index contributed by atoms with van der Waals surface area (Å²) in [5, 5.41) is 0. The molecule has 0 unspecified atom stereocenters. The first-order chi connectivity index (χ1) is 12.9. The lowest BCUT2D eigenvalue weighted by Gasteiger charge is -2.34. The molecule has 2 aromatic rings. The molecule has 27 heavy (non-hydrogen) atoms. The Bertz CT molecular complexity index is 906. The Hall–Kier alpha value is -1.83. The molecule has 2 aromatic carbocycles. The second-order valence-electron chi connectivity index (χ2n) is 6.66. The third kappa shape index (κ3) is 4.72. The number of carbonyl (C=O) groups excluding carboxylic acids is 1. The first-order valence-corrected chi connectivity index (χ1v) is 11.3. The van der Waals surface area contributed by atoms with E-state index >= 15 is 0 Å². The van der Waals surface area contributed by atoms with Crippen LogP contribution in [0.4, 0.5) is 0 Å². The Morgan fingerprint density at radius 3 is 2.33 bits per heavy atom. The quantitative estimate of drug-likeness (QED) is 0.719. The van der Waals surface area contributed by atoms with Gasteiger partial charge < -0.3 is 4.90 Å². The van der Waals surface area contributed by atoms with Crippen LogP contribution in [-0.4, -0.2) is 55.5 Å². The monoisotopic (exact) mass is 404 g/mol. The van der Waals surface area contributed by atoms with E-state index in [1.54, 1.807) is 47.0 Å². The normalized spacial score (nSPS) is 15.7. The summed E-state index contributed by atoms with van der Waals surface area (Å²) in [6, 6.07) is 14.7. The van der Waals surface area contributed by atoms with Crippen LogP contribution in [0.15, 0.2) is 58.3 Å². The van der Waals surface area contributed by atoms with Crippen molar-refractivity contribution in [3.8, 4) is 0 Å². The number of benzene rings is 2. The van der Waals surface area contributed by atoms with E-state index in [-0.39, 0.29) is 5.91 Å². The molecule has 144 valence electrons. The number of piperazine rings is 1. The molecule has 1 amide bonds. The molecule has 1 aliphatic rings. The van der Waals surface area contributed by atoms with Gasteiger partial charge in [-0.3, -0.25) is 4.79 Å². The zero-order valence-electron chi connectivity index (χ0n) is 15.6. The van der Waals surface area contributed by atoms with E-state index in [0.29, 0.717) is 36.8 Å². The first kappa shape index (κ1) is 19.9. The van der Waals surface area contributed by atoms with Crippen molar-refractivity contribution in [1.29, 1.82) is 0 Å². The Balaban J connectivity index is 1.56. The number of rotatable bonds is 5. The molecule has 0 atom stereocenters. The minimum Gasteiger partial charge on any atom is -0.339 e. The molecule has 0 bridgehead atoms. The van der Waals surface area contributed by atoms with Gasteiger partial charge in [0.1, 0.15) is 0 Å². The fourth-order valence-corrected chi connectivity index (χ4v) is 5.48. The SMILES string of the molecule is Cc1ccc(C)c(SCC(=O)N2CCN(S(=O)(=O)c3ccccc3)CC2)c1. The van der Waals surface area contributed by atoms with E-state index in [1.807, 2.05) is 13.8 Å². The van der Waals surface area contributed by atoms with Gasteiger partial charge in [0, 0.05) is 31.1 Å². The van der Waals surface area contributed by atoms with Gasteiger partial charge in [-0.2, -0.15) is 4.31 Å². The molecule has 0 radical (unpaired) electrons. The summed E-state index contributed by atoms with van der Waals surface area (Å²) in [7, 11) is -3.49. The van der Waals surface area contributed by atoms with Gasteiger partial charge in [-0.05, 0) is 37.6 Å². The van der Waals surface area contributed by atoms with Crippen molar-refractivity contribution in [2.45, 2.75) is 23.6 Å². The van der Waals surface area contributed by atoms with Gasteiger partial charge >= 0.3 is 0 Å². The summed E-state index contributed by atoms with van der Waals surface area (Å²) in [6.07, 6.45) is 0. The highest BCUT2D eigenvalue weighted by molar-refractivity contribution is 8.00. The number of hydrogen-bond donors (Lipinski definition) is 0. The summed E-state index contributed by atoms with van der Waals surface area (Å²) in [6.45, 7) is 5.60. The predicted octanol–water partition coefficient (Wildman–Crippen LogP) is 2.93. The Labute approximate surface area is 165 Å². The fourth-order valence-electron chi connectivity index (χ4n) is 3.01. The van der Waals surface area contributed by atoms with Crippen molar-refractivity contribution in [2.75, 3.05) is 31.9 Å². The molecular weight excluding hydrogens is 380 g/mol. The van der Waals surface area contributed by atoms with E-state index in [1.165, 1.54) is 9.87 Å². The van der Waals surface area contributed by atoms with Crippen molar-refractivity contribution in [3.63, 3.8) is 0 Å². The molecule has 5 nitrogen and oxygen atoms in total. The van der Waals surface area contributed by atoms with Gasteiger partial charge in [-0.25, -0.2) is 8.42 Å². The van der Waals surface area contributed by atoms with Gasteiger partial charge in [-0.15, -0.1) is 11.8 Å². The lowest BCUT2D eigenvalue weighted by Crippen LogP contribution is -2.50. The second kappa shape index (κ2) is 8.46. The van der Waals surface area contributed by atoms with Crippen molar-refractivity contribution in [2.24, 2.45) is 0 Å². The predicted molar refractivity (Wildman–Crippen MR) is 108 cm³/mol. The number of carbonyl (C=O) groups is 1. The highest BCUT2D eigenvalue weighted by Crippen LogP contribution is 2.24. The fraction of sp³-hybridized carbons (Fsp3) is 0.350. The average Bonchev–Trinajstić information content (AvgIpc) is 2.69. The Morgan fingerprint density at radius 2 is 1.67 bits per heavy atom. The highest BCUT2D eigenvalue weighted by atomic mass is 32.2. The molecule has 0 aromatic heterocycles. The van der Waals surface area contributed by atoms with E-state index in [2.05, 4.69) is 18.2 Å². The van der Waals surface area contributed by atoms with Crippen LogP contribution in [0.1, 0.15) is 11.1 Å². The second-order valence-corrected chi connectivity index (χ2v) is 9.61. The summed E-state index contributed by atoms with van der Waals surface area (Å²) in [5.41, 5.74) is 2.34. The zero-order valence-corrected chi connectivity index (χ0v) is 17.2. The third-order valence-corrected chi connectivity index (χ3v) is 7.72. The molecular formula is C20H24N2O3S2. The van der Waals surface area contributed by atoms with Gasteiger partial charge in [-0.1, -0.05) is 35.9 Å². The van der Waals surface area contributed by atoms with E-state index in [9.17, 15) is 13.2 Å². The molecule has 3 rings (SSSR count). The largest absolute Gasteiger partial charge is 0.339 e. The van der Waals surface area contributed by atoms with E-state index in [0.717, 1.165) is 10.5 Å². The maximum atomic E-state index is 12.7. The topological polar surface area (TPSA) is 57.7 Å². The number of nitrogens with zero attached hydrogens (tertiary/aromatic N) is 2. The first-order valence-electron chi connectivity index (χ1n) is 8.91. The summed E-state index contributed by atoms with van der Waals surface area (Å²) in [4.78, 5) is 15.7. The van der Waals surface area contributed by atoms with Gasteiger partial charge in [0.25, 0.3) is 0 Å². The van der Waals surface area contributed by atoms with E-state index < -0.39 is 10.0 Å². The highest BCUT2D eigenvalue weighted by Gasteiger charge is 2.29. The van der Waals surface area contributed by atoms with Crippen molar-refractivity contribution in [3.05, 3.63) is 59.7 Å². The standard InChI is InChI=1S/C20H24N2O3S2/c1-16-8-9-17(2)19(14-16)26-15-20(23)21-10-12-22(13-11-21)27(24,25)18-6-4-3-5-7-18/h3-9,14H,10-13,15H2,1-2H3. The van der Waals surface area contributed by atoms with Crippen LogP contribution in [0, 0.1) is 13.8 Å². The summed E-state index contributed by atoms with van der Waals surface area (Å²) >= 11 is 1.54. The van der Waals surface area contributed by atoms with Crippen molar-refractivity contribution < 1.29 is 13.2 Å². The van der Waals surface area contributed by atoms with Gasteiger partial charge in [0.15, 0.2) is 0 Å². The summed E-state index contributed by atoms with van der Waals surface area (Å²) < 4.78 is 26.8. The molecule has 0 spiro atoms. The number of thioether (sulfide) groups is 1.